The molecule has 0 saturated heterocycles. The summed E-state index contributed by atoms with van der Waals surface area (Å²) in [4.78, 5) is 26.0. The Bertz CT molecular complexity index is 1310. The number of rotatable bonds is 6. The molecule has 1 aromatic carbocycles. The van der Waals surface area contributed by atoms with Crippen molar-refractivity contribution in [1.29, 1.82) is 0 Å². The molecule has 1 amide bonds. The number of thiophene rings is 1. The first-order chi connectivity index (χ1) is 15.7. The van der Waals surface area contributed by atoms with Crippen LogP contribution in [-0.4, -0.2) is 43.4 Å². The molecule has 0 bridgehead atoms. The Morgan fingerprint density at radius 1 is 1.24 bits per heavy atom. The number of amides is 1. The van der Waals surface area contributed by atoms with E-state index < -0.39 is 32.7 Å². The van der Waals surface area contributed by atoms with Gasteiger partial charge in [-0.05, 0) is 49.8 Å². The molecule has 0 saturated carbocycles. The molecule has 9 nitrogen and oxygen atoms in total. The average Bonchev–Trinajstić information content (AvgIpc) is 3.38. The zero-order valence-electron chi connectivity index (χ0n) is 18.4. The minimum absolute atomic E-state index is 0.0435. The standard InChI is InChI=1S/C22H23N3O6S2/c1-12-4-7-14(8-5-12)19-24-25-22(31-19)33(28,29)11-17(26)23-20-18(21(27)30-3)15-9-6-13(2)10-16(15)32-20/h4-5,7-8,13H,6,9-11H2,1-3H3,(H,23,26). The van der Waals surface area contributed by atoms with E-state index in [4.69, 9.17) is 9.15 Å². The SMILES string of the molecule is COC(=O)c1c(NC(=O)CS(=O)(=O)c2nnc(-c3ccc(C)cc3)o2)sc2c1CCC(C)C2. The number of carbonyl (C=O) groups is 2. The fourth-order valence-corrected chi connectivity index (χ4v) is 6.03. The summed E-state index contributed by atoms with van der Waals surface area (Å²) in [6.45, 7) is 4.04. The van der Waals surface area contributed by atoms with E-state index in [1.165, 1.54) is 18.4 Å². The van der Waals surface area contributed by atoms with Crippen LogP contribution in [-0.2, 0) is 32.2 Å². The molecule has 1 aliphatic rings. The molecule has 0 radical (unpaired) electrons. The van der Waals surface area contributed by atoms with E-state index in [9.17, 15) is 18.0 Å². The zero-order valence-corrected chi connectivity index (χ0v) is 20.0. The maximum Gasteiger partial charge on any atom is 0.341 e. The quantitative estimate of drug-likeness (QED) is 0.522. The number of nitrogens with zero attached hydrogens (tertiary/aromatic N) is 2. The Balaban J connectivity index is 1.53. The first-order valence-corrected chi connectivity index (χ1v) is 12.8. The lowest BCUT2D eigenvalue weighted by molar-refractivity contribution is -0.113. The summed E-state index contributed by atoms with van der Waals surface area (Å²) in [7, 11) is -2.92. The Hall–Kier alpha value is -3.05. The van der Waals surface area contributed by atoms with Crippen molar-refractivity contribution in [2.24, 2.45) is 5.92 Å². The predicted molar refractivity (Wildman–Crippen MR) is 122 cm³/mol. The summed E-state index contributed by atoms with van der Waals surface area (Å²) in [6.07, 6.45) is 2.42. The molecule has 1 N–H and O–H groups in total. The molecule has 0 fully saturated rings. The summed E-state index contributed by atoms with van der Waals surface area (Å²) in [6, 6.07) is 7.14. The number of aryl methyl sites for hydroxylation is 1. The van der Waals surface area contributed by atoms with Crippen LogP contribution in [0.5, 0.6) is 0 Å². The molecule has 1 atom stereocenters. The van der Waals surface area contributed by atoms with E-state index in [2.05, 4.69) is 22.4 Å². The minimum Gasteiger partial charge on any atom is -0.465 e. The zero-order chi connectivity index (χ0) is 23.8. The van der Waals surface area contributed by atoms with Gasteiger partial charge in [-0.1, -0.05) is 29.7 Å². The van der Waals surface area contributed by atoms with Gasteiger partial charge in [0.15, 0.2) is 0 Å². The number of methoxy groups -OCH3 is 1. The second-order valence-corrected chi connectivity index (χ2v) is 11.1. The lowest BCUT2D eigenvalue weighted by Crippen LogP contribution is -2.24. The highest BCUT2D eigenvalue weighted by Crippen LogP contribution is 2.40. The summed E-state index contributed by atoms with van der Waals surface area (Å²) in [5, 5.41) is 9.64. The Morgan fingerprint density at radius 3 is 2.67 bits per heavy atom. The van der Waals surface area contributed by atoms with Crippen molar-refractivity contribution in [1.82, 2.24) is 10.2 Å². The van der Waals surface area contributed by atoms with Gasteiger partial charge in [0.25, 0.3) is 0 Å². The largest absolute Gasteiger partial charge is 0.465 e. The summed E-state index contributed by atoms with van der Waals surface area (Å²) in [5.41, 5.74) is 2.76. The topological polar surface area (TPSA) is 128 Å². The molecule has 1 aliphatic carbocycles. The van der Waals surface area contributed by atoms with Crippen molar-refractivity contribution in [3.8, 4) is 11.5 Å². The van der Waals surface area contributed by atoms with E-state index in [1.807, 2.05) is 19.1 Å². The highest BCUT2D eigenvalue weighted by atomic mass is 32.2. The van der Waals surface area contributed by atoms with E-state index in [-0.39, 0.29) is 5.89 Å². The van der Waals surface area contributed by atoms with Crippen LogP contribution in [0.3, 0.4) is 0 Å². The molecule has 174 valence electrons. The van der Waals surface area contributed by atoms with Crippen LogP contribution in [0.4, 0.5) is 5.00 Å². The van der Waals surface area contributed by atoms with Crippen LogP contribution >= 0.6 is 11.3 Å². The van der Waals surface area contributed by atoms with Gasteiger partial charge in [-0.3, -0.25) is 4.79 Å². The third-order valence-corrected chi connectivity index (χ3v) is 7.96. The number of hydrogen-bond donors (Lipinski definition) is 1. The number of esters is 1. The average molecular weight is 490 g/mol. The smallest absolute Gasteiger partial charge is 0.341 e. The van der Waals surface area contributed by atoms with Gasteiger partial charge in [-0.2, -0.15) is 0 Å². The van der Waals surface area contributed by atoms with E-state index in [1.54, 1.807) is 12.1 Å². The first kappa shape index (κ1) is 23.1. The van der Waals surface area contributed by atoms with Gasteiger partial charge in [-0.15, -0.1) is 16.4 Å². The number of benzene rings is 1. The molecule has 4 rings (SSSR count). The van der Waals surface area contributed by atoms with Crippen LogP contribution in [0.2, 0.25) is 0 Å². The van der Waals surface area contributed by atoms with Gasteiger partial charge in [0.2, 0.25) is 21.6 Å². The third-order valence-electron chi connectivity index (χ3n) is 5.45. The van der Waals surface area contributed by atoms with Crippen molar-refractivity contribution >= 4 is 38.1 Å². The molecule has 0 aliphatic heterocycles. The number of aromatic nitrogens is 2. The second kappa shape index (κ2) is 9.06. The number of nitrogens with one attached hydrogen (secondary N) is 1. The van der Waals surface area contributed by atoms with Gasteiger partial charge in [-0.25, -0.2) is 13.2 Å². The number of fused-ring (bicyclic) bond motifs is 1. The Kier molecular flexibility index (Phi) is 6.35. The lowest BCUT2D eigenvalue weighted by Gasteiger charge is -2.18. The summed E-state index contributed by atoms with van der Waals surface area (Å²) < 4.78 is 35.6. The van der Waals surface area contributed by atoms with Gasteiger partial charge in [0.05, 0.1) is 12.7 Å². The highest BCUT2D eigenvalue weighted by Gasteiger charge is 2.31. The maximum atomic E-state index is 12.7. The van der Waals surface area contributed by atoms with E-state index in [0.717, 1.165) is 28.8 Å². The van der Waals surface area contributed by atoms with Crippen molar-refractivity contribution in [2.45, 2.75) is 38.3 Å². The fraction of sp³-hybridized carbons (Fsp3) is 0.364. The van der Waals surface area contributed by atoms with E-state index >= 15 is 0 Å². The third kappa shape index (κ3) is 4.83. The Morgan fingerprint density at radius 2 is 1.97 bits per heavy atom. The number of carbonyl (C=O) groups excluding carboxylic acids is 2. The van der Waals surface area contributed by atoms with Crippen LogP contribution in [0.25, 0.3) is 11.5 Å². The van der Waals surface area contributed by atoms with Crippen LogP contribution in [0, 0.1) is 12.8 Å². The normalized spacial score (nSPS) is 15.7. The molecule has 11 heteroatoms. The fourth-order valence-electron chi connectivity index (χ4n) is 3.70. The van der Waals surface area contributed by atoms with Gasteiger partial charge >= 0.3 is 11.2 Å². The number of hydrogen-bond acceptors (Lipinski definition) is 9. The molecule has 33 heavy (non-hydrogen) atoms. The van der Waals surface area contributed by atoms with Crippen LogP contribution in [0.15, 0.2) is 33.9 Å². The first-order valence-electron chi connectivity index (χ1n) is 10.3. The summed E-state index contributed by atoms with van der Waals surface area (Å²) in [5.74, 6) is -1.75. The van der Waals surface area contributed by atoms with Gasteiger partial charge in [0.1, 0.15) is 10.8 Å². The van der Waals surface area contributed by atoms with Gasteiger partial charge in [0, 0.05) is 10.4 Å². The molecule has 1 unspecified atom stereocenters. The molecule has 2 aromatic heterocycles. The van der Waals surface area contributed by atoms with Crippen molar-refractivity contribution in [3.05, 3.63) is 45.8 Å². The van der Waals surface area contributed by atoms with E-state index in [0.29, 0.717) is 28.5 Å². The minimum atomic E-state index is -4.19. The van der Waals surface area contributed by atoms with Crippen LogP contribution in [0.1, 0.15) is 39.7 Å². The van der Waals surface area contributed by atoms with Crippen molar-refractivity contribution in [3.63, 3.8) is 0 Å². The van der Waals surface area contributed by atoms with Crippen molar-refractivity contribution < 1.29 is 27.2 Å². The number of anilines is 1. The molecule has 0 spiro atoms. The molecule has 3 aromatic rings. The number of sulfone groups is 1. The maximum absolute atomic E-state index is 12.7. The monoisotopic (exact) mass is 489 g/mol. The summed E-state index contributed by atoms with van der Waals surface area (Å²) >= 11 is 1.28. The lowest BCUT2D eigenvalue weighted by atomic mass is 9.88. The molecule has 2 heterocycles. The van der Waals surface area contributed by atoms with Crippen molar-refractivity contribution in [2.75, 3.05) is 18.2 Å². The number of ether oxygens (including phenoxy) is 1. The highest BCUT2D eigenvalue weighted by molar-refractivity contribution is 7.91. The Labute approximate surface area is 195 Å². The molecular weight excluding hydrogens is 466 g/mol. The second-order valence-electron chi connectivity index (χ2n) is 8.09. The van der Waals surface area contributed by atoms with Crippen LogP contribution < -0.4 is 5.32 Å². The predicted octanol–water partition coefficient (Wildman–Crippen LogP) is 3.43. The molecular formula is C22H23N3O6S2. The van der Waals surface area contributed by atoms with Gasteiger partial charge < -0.3 is 14.5 Å².